The van der Waals surface area contributed by atoms with E-state index in [9.17, 15) is 9.67 Å². The molecule has 0 unspecified atom stereocenters. The lowest BCUT2D eigenvalue weighted by Crippen LogP contribution is -2.41. The average molecular weight is 330 g/mol. The number of hydrogen-bond acceptors (Lipinski definition) is 2. The van der Waals surface area contributed by atoms with Crippen molar-refractivity contribution in [2.45, 2.75) is 65.4 Å². The molecule has 0 heterocycles. The van der Waals surface area contributed by atoms with E-state index in [1.807, 2.05) is 0 Å². The molecular formula is C17H31O4P. The minimum atomic E-state index is -4.02. The summed E-state index contributed by atoms with van der Waals surface area (Å²) < 4.78 is 11.2. The van der Waals surface area contributed by atoms with E-state index in [1.54, 1.807) is 0 Å². The molecule has 5 heteroatoms. The SMILES string of the molecule is CC1(C)CCC[C@]2(C)[C@@H]([C@H](O)CCP(=O)(O)O)[C@H]3CC[C@@H]2[C@@H]31. The number of hydrogen-bond donors (Lipinski definition) is 3. The predicted octanol–water partition coefficient (Wildman–Crippen LogP) is 3.40. The molecule has 3 aliphatic rings. The van der Waals surface area contributed by atoms with Crippen LogP contribution in [0.5, 0.6) is 0 Å². The van der Waals surface area contributed by atoms with Gasteiger partial charge in [-0.2, -0.15) is 0 Å². The molecule has 0 aromatic carbocycles. The lowest BCUT2D eigenvalue weighted by molar-refractivity contribution is -0.0227. The molecule has 128 valence electrons. The van der Waals surface area contributed by atoms with Crippen LogP contribution in [-0.2, 0) is 4.57 Å². The highest BCUT2D eigenvalue weighted by Gasteiger charge is 2.65. The molecule has 0 aliphatic heterocycles. The summed E-state index contributed by atoms with van der Waals surface area (Å²) in [4.78, 5) is 18.2. The van der Waals surface area contributed by atoms with Crippen molar-refractivity contribution in [2.24, 2.45) is 34.5 Å². The van der Waals surface area contributed by atoms with E-state index < -0.39 is 13.7 Å². The van der Waals surface area contributed by atoms with Gasteiger partial charge in [0.2, 0.25) is 0 Å². The molecule has 3 aliphatic carbocycles. The van der Waals surface area contributed by atoms with Gasteiger partial charge in [0.05, 0.1) is 12.3 Å². The molecule has 6 atom stereocenters. The summed E-state index contributed by atoms with van der Waals surface area (Å²) in [6.45, 7) is 7.12. The lowest BCUT2D eigenvalue weighted by atomic mass is 9.62. The first kappa shape index (κ1) is 17.0. The van der Waals surface area contributed by atoms with E-state index >= 15 is 0 Å². The second-order valence-corrected chi connectivity index (χ2v) is 10.8. The first-order valence-electron chi connectivity index (χ1n) is 8.79. The number of aliphatic hydroxyl groups is 1. The monoisotopic (exact) mass is 330 g/mol. The van der Waals surface area contributed by atoms with Crippen molar-refractivity contribution in [3.63, 3.8) is 0 Å². The van der Waals surface area contributed by atoms with Gasteiger partial charge in [-0.15, -0.1) is 0 Å². The van der Waals surface area contributed by atoms with Crippen LogP contribution in [0.25, 0.3) is 0 Å². The predicted molar refractivity (Wildman–Crippen MR) is 86.5 cm³/mol. The topological polar surface area (TPSA) is 77.8 Å². The largest absolute Gasteiger partial charge is 0.393 e. The average Bonchev–Trinajstić information content (AvgIpc) is 2.86. The molecule has 3 fully saturated rings. The summed E-state index contributed by atoms with van der Waals surface area (Å²) in [5, 5.41) is 10.8. The molecule has 3 N–H and O–H groups in total. The Bertz CT molecular complexity index is 485. The van der Waals surface area contributed by atoms with E-state index in [1.165, 1.54) is 25.7 Å². The molecule has 3 rings (SSSR count). The standard InChI is InChI=1S/C17H31O4P/c1-16(2)8-4-9-17(3)12-6-5-11(14(12)16)15(17)13(18)7-10-22(19,20)21/h11-15,18H,4-10H2,1-3H3,(H2,19,20,21)/t11-,12+,13+,14+,15+,17-/m0/s1. The fourth-order valence-corrected chi connectivity index (χ4v) is 7.28. The summed E-state index contributed by atoms with van der Waals surface area (Å²) in [5.41, 5.74) is 0.497. The Balaban J connectivity index is 1.85. The van der Waals surface area contributed by atoms with Gasteiger partial charge in [0.25, 0.3) is 0 Å². The van der Waals surface area contributed by atoms with Gasteiger partial charge in [-0.25, -0.2) is 0 Å². The molecule has 0 spiro atoms. The van der Waals surface area contributed by atoms with Gasteiger partial charge in [-0.1, -0.05) is 27.2 Å². The van der Waals surface area contributed by atoms with Crippen molar-refractivity contribution in [3.8, 4) is 0 Å². The molecule has 3 saturated carbocycles. The number of rotatable bonds is 4. The fourth-order valence-electron chi connectivity index (χ4n) is 6.68. The summed E-state index contributed by atoms with van der Waals surface area (Å²) in [7, 11) is -4.02. The Hall–Kier alpha value is 0.110. The first-order valence-corrected chi connectivity index (χ1v) is 10.6. The van der Waals surface area contributed by atoms with Crippen molar-refractivity contribution in [2.75, 3.05) is 6.16 Å². The second kappa shape index (κ2) is 5.31. The zero-order chi connectivity index (χ0) is 16.3. The van der Waals surface area contributed by atoms with Gasteiger partial charge in [0, 0.05) is 0 Å². The quantitative estimate of drug-likeness (QED) is 0.690. The van der Waals surface area contributed by atoms with Gasteiger partial charge in [0.1, 0.15) is 0 Å². The van der Waals surface area contributed by atoms with Crippen LogP contribution in [0.1, 0.15) is 59.3 Å². The highest BCUT2D eigenvalue weighted by molar-refractivity contribution is 7.51. The van der Waals surface area contributed by atoms with Gasteiger partial charge < -0.3 is 14.9 Å². The van der Waals surface area contributed by atoms with Crippen LogP contribution in [0.2, 0.25) is 0 Å². The molecule has 0 radical (unpaired) electrons. The third-order valence-corrected chi connectivity index (χ3v) is 8.19. The fraction of sp³-hybridized carbons (Fsp3) is 1.00. The molecule has 4 bridgehead atoms. The summed E-state index contributed by atoms with van der Waals surface area (Å²) in [6.07, 6.45) is 5.59. The van der Waals surface area contributed by atoms with E-state index in [0.717, 1.165) is 6.42 Å². The van der Waals surface area contributed by atoms with Gasteiger partial charge in [-0.05, 0) is 66.6 Å². The third-order valence-electron chi connectivity index (χ3n) is 7.35. The minimum Gasteiger partial charge on any atom is -0.393 e. The highest BCUT2D eigenvalue weighted by atomic mass is 31.2. The Morgan fingerprint density at radius 3 is 2.50 bits per heavy atom. The van der Waals surface area contributed by atoms with Crippen LogP contribution in [0, 0.1) is 34.5 Å². The zero-order valence-corrected chi connectivity index (χ0v) is 14.9. The molecule has 0 amide bonds. The number of aliphatic hydroxyl groups excluding tert-OH is 1. The Morgan fingerprint density at radius 1 is 1.18 bits per heavy atom. The second-order valence-electron chi connectivity index (χ2n) is 8.99. The Labute approximate surface area is 133 Å². The van der Waals surface area contributed by atoms with Gasteiger partial charge in [-0.3, -0.25) is 4.57 Å². The van der Waals surface area contributed by atoms with E-state index in [2.05, 4.69) is 20.8 Å². The van der Waals surface area contributed by atoms with Crippen LogP contribution in [-0.4, -0.2) is 27.2 Å². The van der Waals surface area contributed by atoms with E-state index in [0.29, 0.717) is 23.2 Å². The van der Waals surface area contributed by atoms with Crippen molar-refractivity contribution in [1.29, 1.82) is 0 Å². The summed E-state index contributed by atoms with van der Waals surface area (Å²) >= 11 is 0. The molecule has 0 saturated heterocycles. The smallest absolute Gasteiger partial charge is 0.325 e. The van der Waals surface area contributed by atoms with Crippen LogP contribution in [0.3, 0.4) is 0 Å². The molecule has 0 aromatic heterocycles. The maximum absolute atomic E-state index is 11.2. The van der Waals surface area contributed by atoms with Crippen molar-refractivity contribution in [1.82, 2.24) is 0 Å². The van der Waals surface area contributed by atoms with Crippen LogP contribution in [0.4, 0.5) is 0 Å². The third kappa shape index (κ3) is 2.60. The summed E-state index contributed by atoms with van der Waals surface area (Å²) in [5.74, 6) is 2.12. The minimum absolute atomic E-state index is 0.162. The Morgan fingerprint density at radius 2 is 1.86 bits per heavy atom. The molecule has 4 nitrogen and oxygen atoms in total. The molecular weight excluding hydrogens is 299 g/mol. The molecule has 0 aromatic rings. The maximum Gasteiger partial charge on any atom is 0.325 e. The highest BCUT2D eigenvalue weighted by Crippen LogP contribution is 2.71. The summed E-state index contributed by atoms with van der Waals surface area (Å²) in [6, 6.07) is 0. The van der Waals surface area contributed by atoms with Crippen molar-refractivity contribution >= 4 is 7.60 Å². The first-order chi connectivity index (χ1) is 10.1. The zero-order valence-electron chi connectivity index (χ0n) is 14.0. The van der Waals surface area contributed by atoms with Crippen molar-refractivity contribution in [3.05, 3.63) is 0 Å². The van der Waals surface area contributed by atoms with Gasteiger partial charge >= 0.3 is 7.60 Å². The van der Waals surface area contributed by atoms with E-state index in [-0.39, 0.29) is 23.9 Å². The lowest BCUT2D eigenvalue weighted by Gasteiger charge is -2.44. The van der Waals surface area contributed by atoms with Crippen molar-refractivity contribution < 1.29 is 19.5 Å². The van der Waals surface area contributed by atoms with Crippen LogP contribution in [0.15, 0.2) is 0 Å². The van der Waals surface area contributed by atoms with Gasteiger partial charge in [0.15, 0.2) is 0 Å². The maximum atomic E-state index is 11.2. The normalized spacial score (nSPS) is 44.8. The van der Waals surface area contributed by atoms with Crippen LogP contribution < -0.4 is 0 Å². The van der Waals surface area contributed by atoms with Crippen LogP contribution >= 0.6 is 7.60 Å². The van der Waals surface area contributed by atoms with E-state index in [4.69, 9.17) is 9.79 Å². The Kier molecular flexibility index (Phi) is 4.09. The molecule has 22 heavy (non-hydrogen) atoms.